The molecule has 1 aliphatic heterocycles. The van der Waals surface area contributed by atoms with Gasteiger partial charge in [-0.2, -0.15) is 8.42 Å². The van der Waals surface area contributed by atoms with Crippen molar-refractivity contribution in [2.75, 3.05) is 11.9 Å². The maximum atomic E-state index is 12.0. The number of benzene rings is 2. The number of nitrogens with zero attached hydrogens (tertiary/aromatic N) is 1. The molecule has 0 aromatic heterocycles. The first-order valence-electron chi connectivity index (χ1n) is 7.04. The molecule has 0 saturated carbocycles. The quantitative estimate of drug-likeness (QED) is 0.941. The van der Waals surface area contributed by atoms with Gasteiger partial charge in [0.1, 0.15) is 10.6 Å². The van der Waals surface area contributed by atoms with Crippen LogP contribution in [0.1, 0.15) is 18.9 Å². The monoisotopic (exact) mass is 316 g/mol. The molecule has 5 nitrogen and oxygen atoms in total. The first kappa shape index (κ1) is 14.6. The molecule has 1 N–H and O–H groups in total. The summed E-state index contributed by atoms with van der Waals surface area (Å²) in [4.78, 5) is 0.236. The number of sulfonamides is 1. The molecule has 0 amide bonds. The first-order chi connectivity index (χ1) is 10.6. The summed E-state index contributed by atoms with van der Waals surface area (Å²) in [5.74, 6) is 1.13. The van der Waals surface area contributed by atoms with E-state index in [2.05, 4.69) is 9.71 Å². The van der Waals surface area contributed by atoms with Crippen LogP contribution in [0.5, 0.6) is 5.75 Å². The molecule has 0 saturated heterocycles. The zero-order chi connectivity index (χ0) is 15.6. The lowest BCUT2D eigenvalue weighted by Crippen LogP contribution is -2.11. The van der Waals surface area contributed by atoms with E-state index in [0.717, 1.165) is 17.9 Å². The van der Waals surface area contributed by atoms with Crippen LogP contribution in [-0.2, 0) is 10.0 Å². The Balaban J connectivity index is 1.82. The van der Waals surface area contributed by atoms with Gasteiger partial charge in [0.2, 0.25) is 0 Å². The molecule has 0 aliphatic carbocycles. The second kappa shape index (κ2) is 5.81. The number of hydrogen-bond acceptors (Lipinski definition) is 4. The summed E-state index contributed by atoms with van der Waals surface area (Å²) in [6.45, 7) is 2.72. The summed E-state index contributed by atoms with van der Waals surface area (Å²) in [7, 11) is -3.59. The fourth-order valence-corrected chi connectivity index (χ4v) is 3.36. The molecule has 2 aromatic carbocycles. The number of anilines is 1. The van der Waals surface area contributed by atoms with Gasteiger partial charge in [-0.1, -0.05) is 19.1 Å². The van der Waals surface area contributed by atoms with Gasteiger partial charge in [0, 0.05) is 11.3 Å². The number of ether oxygens (including phenoxy) is 1. The van der Waals surface area contributed by atoms with Gasteiger partial charge in [-0.15, -0.1) is 4.40 Å². The lowest BCUT2D eigenvalue weighted by molar-refractivity contribution is 0.317. The van der Waals surface area contributed by atoms with Crippen LogP contribution in [0.25, 0.3) is 0 Å². The number of fused-ring (bicyclic) bond motifs is 1. The van der Waals surface area contributed by atoms with Crippen LogP contribution in [0.2, 0.25) is 0 Å². The molecule has 0 fully saturated rings. The lowest BCUT2D eigenvalue weighted by atomic mass is 10.2. The topological polar surface area (TPSA) is 67.8 Å². The van der Waals surface area contributed by atoms with E-state index in [1.165, 1.54) is 0 Å². The van der Waals surface area contributed by atoms with Crippen molar-refractivity contribution in [3.8, 4) is 5.75 Å². The summed E-state index contributed by atoms with van der Waals surface area (Å²) in [6.07, 6.45) is 0.950. The van der Waals surface area contributed by atoms with E-state index in [-0.39, 0.29) is 4.90 Å². The summed E-state index contributed by atoms with van der Waals surface area (Å²) in [5.41, 5.74) is 1.35. The van der Waals surface area contributed by atoms with Crippen molar-refractivity contribution in [2.24, 2.45) is 4.40 Å². The minimum absolute atomic E-state index is 0.236. The molecule has 114 valence electrons. The number of rotatable bonds is 4. The van der Waals surface area contributed by atoms with Gasteiger partial charge >= 0.3 is 0 Å². The fourth-order valence-electron chi connectivity index (χ4n) is 2.19. The summed E-state index contributed by atoms with van der Waals surface area (Å²) >= 11 is 0. The van der Waals surface area contributed by atoms with Crippen molar-refractivity contribution < 1.29 is 13.2 Å². The van der Waals surface area contributed by atoms with Crippen molar-refractivity contribution in [3.05, 3.63) is 54.1 Å². The Labute approximate surface area is 129 Å². The highest BCUT2D eigenvalue weighted by atomic mass is 32.2. The molecule has 1 aliphatic rings. The van der Waals surface area contributed by atoms with Crippen LogP contribution in [0.3, 0.4) is 0 Å². The third-order valence-electron chi connectivity index (χ3n) is 3.22. The lowest BCUT2D eigenvalue weighted by Gasteiger charge is -2.08. The highest BCUT2D eigenvalue weighted by molar-refractivity contribution is 7.90. The zero-order valence-electron chi connectivity index (χ0n) is 12.1. The van der Waals surface area contributed by atoms with Crippen molar-refractivity contribution >= 4 is 21.5 Å². The number of amidine groups is 1. The van der Waals surface area contributed by atoms with Crippen LogP contribution in [0.4, 0.5) is 5.69 Å². The summed E-state index contributed by atoms with van der Waals surface area (Å²) < 4.78 is 33.3. The maximum Gasteiger partial charge on any atom is 0.285 e. The zero-order valence-corrected chi connectivity index (χ0v) is 12.9. The molecule has 0 unspecified atom stereocenters. The van der Waals surface area contributed by atoms with Crippen LogP contribution in [0.15, 0.2) is 57.8 Å². The van der Waals surface area contributed by atoms with E-state index in [1.807, 2.05) is 31.2 Å². The van der Waals surface area contributed by atoms with Crippen molar-refractivity contribution in [1.82, 2.24) is 0 Å². The predicted octanol–water partition coefficient (Wildman–Crippen LogP) is 3.04. The molecular formula is C16H16N2O3S. The molecule has 2 aromatic rings. The molecule has 0 spiro atoms. The second-order valence-corrected chi connectivity index (χ2v) is 6.48. The normalized spacial score (nSPS) is 15.0. The van der Waals surface area contributed by atoms with Gasteiger partial charge < -0.3 is 10.1 Å². The van der Waals surface area contributed by atoms with Crippen LogP contribution < -0.4 is 10.1 Å². The van der Waals surface area contributed by atoms with E-state index in [9.17, 15) is 8.42 Å². The van der Waals surface area contributed by atoms with Crippen molar-refractivity contribution in [3.63, 3.8) is 0 Å². The molecule has 22 heavy (non-hydrogen) atoms. The average Bonchev–Trinajstić information content (AvgIpc) is 2.78. The van der Waals surface area contributed by atoms with Crippen LogP contribution >= 0.6 is 0 Å². The van der Waals surface area contributed by atoms with Gasteiger partial charge in [-0.25, -0.2) is 0 Å². The van der Waals surface area contributed by atoms with Gasteiger partial charge in [0.25, 0.3) is 10.0 Å². The summed E-state index contributed by atoms with van der Waals surface area (Å²) in [6, 6.07) is 14.1. The standard InChI is InChI=1S/C16H16N2O3S/c1-2-11-21-13-9-7-12(8-10-13)17-16-14-5-3-4-6-15(14)22(19,20)18-16/h3-10H,2,11H2,1H3,(H,17,18). The molecule has 0 atom stereocenters. The molecule has 1 heterocycles. The average molecular weight is 316 g/mol. The Morgan fingerprint density at radius 1 is 1.09 bits per heavy atom. The van der Waals surface area contributed by atoms with Crippen molar-refractivity contribution in [1.29, 1.82) is 0 Å². The highest BCUT2D eigenvalue weighted by Crippen LogP contribution is 2.27. The number of nitrogens with one attached hydrogen (secondary N) is 1. The second-order valence-electron chi connectivity index (χ2n) is 4.91. The van der Waals surface area contributed by atoms with Gasteiger partial charge in [-0.3, -0.25) is 0 Å². The molecular weight excluding hydrogens is 300 g/mol. The van der Waals surface area contributed by atoms with E-state index in [1.54, 1.807) is 24.3 Å². The van der Waals surface area contributed by atoms with E-state index >= 15 is 0 Å². The fraction of sp³-hybridized carbons (Fsp3) is 0.188. The van der Waals surface area contributed by atoms with E-state index < -0.39 is 10.0 Å². The Kier molecular flexibility index (Phi) is 3.85. The van der Waals surface area contributed by atoms with E-state index in [0.29, 0.717) is 18.0 Å². The van der Waals surface area contributed by atoms with Crippen molar-refractivity contribution in [2.45, 2.75) is 18.2 Å². The molecule has 0 bridgehead atoms. The minimum Gasteiger partial charge on any atom is -0.494 e. The van der Waals surface area contributed by atoms with Gasteiger partial charge in [-0.05, 0) is 42.8 Å². The summed E-state index contributed by atoms with van der Waals surface area (Å²) in [5, 5.41) is 3.05. The highest BCUT2D eigenvalue weighted by Gasteiger charge is 2.28. The third-order valence-corrected chi connectivity index (χ3v) is 4.56. The third kappa shape index (κ3) is 2.82. The first-order valence-corrected chi connectivity index (χ1v) is 8.48. The minimum atomic E-state index is -3.59. The Morgan fingerprint density at radius 3 is 2.55 bits per heavy atom. The van der Waals surface area contributed by atoms with Crippen LogP contribution in [-0.4, -0.2) is 20.9 Å². The molecule has 6 heteroatoms. The molecule has 0 radical (unpaired) electrons. The van der Waals surface area contributed by atoms with Gasteiger partial charge in [0.05, 0.1) is 6.61 Å². The van der Waals surface area contributed by atoms with E-state index in [4.69, 9.17) is 4.74 Å². The maximum absolute atomic E-state index is 12.0. The Bertz CT molecular complexity index is 812. The largest absolute Gasteiger partial charge is 0.494 e. The van der Waals surface area contributed by atoms with Crippen LogP contribution in [0, 0.1) is 0 Å². The number of hydrogen-bond donors (Lipinski definition) is 1. The SMILES string of the molecule is CCCOc1ccc(NC2=NS(=O)(=O)c3ccccc32)cc1. The smallest absolute Gasteiger partial charge is 0.285 e. The Morgan fingerprint density at radius 2 is 1.82 bits per heavy atom. The predicted molar refractivity (Wildman–Crippen MR) is 86.0 cm³/mol. The molecule has 3 rings (SSSR count). The Hall–Kier alpha value is -2.34. The van der Waals surface area contributed by atoms with Gasteiger partial charge in [0.15, 0.2) is 5.84 Å².